The van der Waals surface area contributed by atoms with E-state index in [1.165, 1.54) is 18.4 Å². The van der Waals surface area contributed by atoms with E-state index in [9.17, 15) is 13.6 Å². The Morgan fingerprint density at radius 1 is 1.24 bits per heavy atom. The molecule has 7 heteroatoms. The van der Waals surface area contributed by atoms with E-state index in [0.29, 0.717) is 43.1 Å². The molecule has 2 N–H and O–H groups in total. The average Bonchev–Trinajstić information content (AvgIpc) is 3.10. The van der Waals surface area contributed by atoms with Crippen molar-refractivity contribution in [1.82, 2.24) is 9.80 Å². The van der Waals surface area contributed by atoms with E-state index in [2.05, 4.69) is 4.90 Å². The van der Waals surface area contributed by atoms with Crippen LogP contribution in [0.3, 0.4) is 0 Å². The lowest BCUT2D eigenvalue weighted by Gasteiger charge is -2.38. The van der Waals surface area contributed by atoms with Gasteiger partial charge in [0, 0.05) is 43.9 Å². The van der Waals surface area contributed by atoms with Crippen molar-refractivity contribution in [2.24, 2.45) is 5.73 Å². The van der Waals surface area contributed by atoms with Crippen LogP contribution in [0.2, 0.25) is 0 Å². The van der Waals surface area contributed by atoms with Crippen LogP contribution < -0.4 is 5.73 Å². The lowest BCUT2D eigenvalue weighted by atomic mass is 10.1. The normalized spacial score (nSPS) is 16.9. The molecule has 1 aromatic carbocycles. The number of furan rings is 1. The molecule has 1 unspecified atom stereocenters. The van der Waals surface area contributed by atoms with Crippen molar-refractivity contribution in [3.8, 4) is 0 Å². The molecular formula is C18H21F2N3O2. The summed E-state index contributed by atoms with van der Waals surface area (Å²) in [6.45, 7) is 4.44. The summed E-state index contributed by atoms with van der Waals surface area (Å²) < 4.78 is 32.2. The Morgan fingerprint density at radius 3 is 2.56 bits per heavy atom. The maximum absolute atomic E-state index is 14.0. The van der Waals surface area contributed by atoms with Crippen LogP contribution in [0.4, 0.5) is 8.78 Å². The summed E-state index contributed by atoms with van der Waals surface area (Å²) in [7, 11) is 0. The van der Waals surface area contributed by atoms with Crippen LogP contribution in [0, 0.1) is 11.6 Å². The standard InChI is InChI=1S/C18H21F2N3O2/c1-12(16-3-2-14(19)9-17(16)20)22-4-6-23(7-5-22)18(24)13-8-15(10-21)25-11-13/h2-3,8-9,11-12H,4-7,10,21H2,1H3. The Bertz CT molecular complexity index is 755. The summed E-state index contributed by atoms with van der Waals surface area (Å²) in [6.07, 6.45) is 1.42. The Balaban J connectivity index is 1.62. The molecule has 0 saturated carbocycles. The topological polar surface area (TPSA) is 62.7 Å². The molecule has 1 aliphatic heterocycles. The van der Waals surface area contributed by atoms with Gasteiger partial charge in [-0.1, -0.05) is 6.07 Å². The van der Waals surface area contributed by atoms with Crippen LogP contribution in [-0.4, -0.2) is 41.9 Å². The van der Waals surface area contributed by atoms with Gasteiger partial charge in [-0.25, -0.2) is 8.78 Å². The molecule has 1 amide bonds. The molecule has 2 aromatic rings. The van der Waals surface area contributed by atoms with Crippen LogP contribution in [0.5, 0.6) is 0 Å². The number of carbonyl (C=O) groups excluding carboxylic acids is 1. The van der Waals surface area contributed by atoms with Crippen LogP contribution in [0.15, 0.2) is 34.9 Å². The first kappa shape index (κ1) is 17.6. The van der Waals surface area contributed by atoms with Gasteiger partial charge in [0.15, 0.2) is 0 Å². The minimum absolute atomic E-state index is 0.0938. The van der Waals surface area contributed by atoms with Crippen LogP contribution in [0.1, 0.15) is 34.6 Å². The van der Waals surface area contributed by atoms with Gasteiger partial charge < -0.3 is 15.1 Å². The summed E-state index contributed by atoms with van der Waals surface area (Å²) in [5, 5.41) is 0. The highest BCUT2D eigenvalue weighted by molar-refractivity contribution is 5.94. The van der Waals surface area contributed by atoms with Gasteiger partial charge in [0.05, 0.1) is 12.1 Å². The summed E-state index contributed by atoms with van der Waals surface area (Å²) in [5.41, 5.74) is 6.44. The van der Waals surface area contributed by atoms with E-state index >= 15 is 0 Å². The number of hydrogen-bond acceptors (Lipinski definition) is 4. The number of amides is 1. The molecule has 1 aliphatic rings. The second-order valence-electron chi connectivity index (χ2n) is 6.18. The fourth-order valence-electron chi connectivity index (χ4n) is 3.13. The van der Waals surface area contributed by atoms with Crippen LogP contribution in [-0.2, 0) is 6.54 Å². The van der Waals surface area contributed by atoms with Crippen molar-refractivity contribution >= 4 is 5.91 Å². The lowest BCUT2D eigenvalue weighted by molar-refractivity contribution is 0.0578. The summed E-state index contributed by atoms with van der Waals surface area (Å²) in [4.78, 5) is 16.3. The van der Waals surface area contributed by atoms with E-state index in [-0.39, 0.29) is 18.5 Å². The Morgan fingerprint density at radius 2 is 1.96 bits per heavy atom. The first-order valence-electron chi connectivity index (χ1n) is 8.25. The molecular weight excluding hydrogens is 328 g/mol. The third-order valence-electron chi connectivity index (χ3n) is 4.66. The van der Waals surface area contributed by atoms with Gasteiger partial charge in [0.2, 0.25) is 0 Å². The second kappa shape index (κ2) is 7.33. The molecule has 0 aliphatic carbocycles. The van der Waals surface area contributed by atoms with Gasteiger partial charge in [-0.2, -0.15) is 0 Å². The van der Waals surface area contributed by atoms with E-state index in [1.54, 1.807) is 11.0 Å². The summed E-state index contributed by atoms with van der Waals surface area (Å²) in [6, 6.07) is 5.12. The molecule has 0 bridgehead atoms. The van der Waals surface area contributed by atoms with Crippen molar-refractivity contribution in [3.63, 3.8) is 0 Å². The molecule has 5 nitrogen and oxygen atoms in total. The van der Waals surface area contributed by atoms with E-state index in [0.717, 1.165) is 6.07 Å². The number of nitrogens with two attached hydrogens (primary N) is 1. The Kier molecular flexibility index (Phi) is 5.15. The van der Waals surface area contributed by atoms with Crippen molar-refractivity contribution < 1.29 is 18.0 Å². The molecule has 25 heavy (non-hydrogen) atoms. The Hall–Kier alpha value is -2.25. The maximum Gasteiger partial charge on any atom is 0.257 e. The van der Waals surface area contributed by atoms with Gasteiger partial charge in [-0.05, 0) is 19.1 Å². The number of rotatable bonds is 4. The Labute approximate surface area is 145 Å². The first-order chi connectivity index (χ1) is 12.0. The number of nitrogens with zero attached hydrogens (tertiary/aromatic N) is 2. The molecule has 1 saturated heterocycles. The quantitative estimate of drug-likeness (QED) is 0.921. The van der Waals surface area contributed by atoms with Gasteiger partial charge in [-0.3, -0.25) is 9.69 Å². The maximum atomic E-state index is 14.0. The van der Waals surface area contributed by atoms with Crippen molar-refractivity contribution in [2.45, 2.75) is 19.5 Å². The molecule has 1 aromatic heterocycles. The predicted octanol–water partition coefficient (Wildman–Crippen LogP) is 2.54. The zero-order valence-electron chi connectivity index (χ0n) is 14.0. The SMILES string of the molecule is CC(c1ccc(F)cc1F)N1CCN(C(=O)c2coc(CN)c2)CC1. The third kappa shape index (κ3) is 3.72. The number of benzene rings is 1. The third-order valence-corrected chi connectivity index (χ3v) is 4.66. The minimum atomic E-state index is -0.583. The fourth-order valence-corrected chi connectivity index (χ4v) is 3.13. The number of halogens is 2. The highest BCUT2D eigenvalue weighted by Gasteiger charge is 2.27. The number of hydrogen-bond donors (Lipinski definition) is 1. The second-order valence-corrected chi connectivity index (χ2v) is 6.18. The molecule has 1 fully saturated rings. The molecule has 134 valence electrons. The van der Waals surface area contributed by atoms with Gasteiger partial charge in [0.1, 0.15) is 23.7 Å². The molecule has 0 spiro atoms. The molecule has 1 atom stereocenters. The van der Waals surface area contributed by atoms with Crippen molar-refractivity contribution in [1.29, 1.82) is 0 Å². The van der Waals surface area contributed by atoms with E-state index in [1.807, 2.05) is 6.92 Å². The van der Waals surface area contributed by atoms with E-state index in [4.69, 9.17) is 10.2 Å². The molecule has 0 radical (unpaired) electrons. The van der Waals surface area contributed by atoms with Gasteiger partial charge >= 0.3 is 0 Å². The summed E-state index contributed by atoms with van der Waals surface area (Å²) >= 11 is 0. The molecule has 3 rings (SSSR count). The number of piperazine rings is 1. The van der Waals surface area contributed by atoms with Crippen molar-refractivity contribution in [3.05, 3.63) is 59.1 Å². The fraction of sp³-hybridized carbons (Fsp3) is 0.389. The first-order valence-corrected chi connectivity index (χ1v) is 8.25. The van der Waals surface area contributed by atoms with Crippen LogP contribution >= 0.6 is 0 Å². The highest BCUT2D eigenvalue weighted by atomic mass is 19.1. The highest BCUT2D eigenvalue weighted by Crippen LogP contribution is 2.25. The minimum Gasteiger partial charge on any atom is -0.467 e. The van der Waals surface area contributed by atoms with Gasteiger partial charge in [-0.15, -0.1) is 0 Å². The zero-order chi connectivity index (χ0) is 18.0. The van der Waals surface area contributed by atoms with E-state index < -0.39 is 11.6 Å². The van der Waals surface area contributed by atoms with Gasteiger partial charge in [0.25, 0.3) is 5.91 Å². The van der Waals surface area contributed by atoms with Crippen LogP contribution in [0.25, 0.3) is 0 Å². The monoisotopic (exact) mass is 349 g/mol. The summed E-state index contributed by atoms with van der Waals surface area (Å²) in [5.74, 6) is -0.648. The number of carbonyl (C=O) groups is 1. The lowest BCUT2D eigenvalue weighted by Crippen LogP contribution is -2.49. The smallest absolute Gasteiger partial charge is 0.257 e. The van der Waals surface area contributed by atoms with Crippen molar-refractivity contribution in [2.75, 3.05) is 26.2 Å². The largest absolute Gasteiger partial charge is 0.467 e. The zero-order valence-corrected chi connectivity index (χ0v) is 14.0. The predicted molar refractivity (Wildman–Crippen MR) is 88.8 cm³/mol. The molecule has 2 heterocycles. The average molecular weight is 349 g/mol.